The summed E-state index contributed by atoms with van der Waals surface area (Å²) >= 11 is 0. The molecule has 0 heterocycles. The zero-order chi connectivity index (χ0) is 11.1. The van der Waals surface area contributed by atoms with Crippen LogP contribution in [0.25, 0.3) is 0 Å². The number of hydrogen-bond acceptors (Lipinski definition) is 3. The summed E-state index contributed by atoms with van der Waals surface area (Å²) in [6.07, 6.45) is 1.13. The van der Waals surface area contributed by atoms with Crippen molar-refractivity contribution < 1.29 is 14.7 Å². The second-order valence-corrected chi connectivity index (χ2v) is 3.16. The molecule has 0 saturated carbocycles. The fourth-order valence-corrected chi connectivity index (χ4v) is 0.940. The van der Waals surface area contributed by atoms with Crippen molar-refractivity contribution in [1.82, 2.24) is 15.8 Å². The fourth-order valence-electron chi connectivity index (χ4n) is 0.940. The predicted molar refractivity (Wildman–Crippen MR) is 51.7 cm³/mol. The molecule has 6 nitrogen and oxygen atoms in total. The number of carboxylic acid groups (broad SMARTS) is 1. The molecule has 0 bridgehead atoms. The van der Waals surface area contributed by atoms with Gasteiger partial charge in [0.15, 0.2) is 0 Å². The summed E-state index contributed by atoms with van der Waals surface area (Å²) in [5.41, 5.74) is 2.41. The Labute approximate surface area is 83.2 Å². The Bertz CT molecular complexity index is 206. The molecule has 3 N–H and O–H groups in total. The number of carboxylic acids is 1. The molecular formula is C8H17N3O3. The van der Waals surface area contributed by atoms with Gasteiger partial charge in [-0.1, -0.05) is 13.3 Å². The van der Waals surface area contributed by atoms with Gasteiger partial charge in [-0.25, -0.2) is 14.6 Å². The summed E-state index contributed by atoms with van der Waals surface area (Å²) in [4.78, 5) is 21.8. The van der Waals surface area contributed by atoms with Crippen LogP contribution in [0.1, 0.15) is 19.8 Å². The fraction of sp³-hybridized carbons (Fsp3) is 0.750. The lowest BCUT2D eigenvalue weighted by molar-refractivity contribution is -0.139. The molecule has 0 aromatic rings. The number of aliphatic carboxylic acids is 1. The van der Waals surface area contributed by atoms with Gasteiger partial charge in [-0.3, -0.25) is 5.43 Å². The number of amides is 2. The maximum absolute atomic E-state index is 11.1. The van der Waals surface area contributed by atoms with Crippen molar-refractivity contribution in [3.63, 3.8) is 0 Å². The minimum Gasteiger partial charge on any atom is -0.480 e. The van der Waals surface area contributed by atoms with Crippen LogP contribution in [0.3, 0.4) is 0 Å². The molecule has 14 heavy (non-hydrogen) atoms. The average Bonchev–Trinajstić information content (AvgIpc) is 2.01. The molecule has 0 spiro atoms. The second kappa shape index (κ2) is 6.20. The first-order valence-electron chi connectivity index (χ1n) is 4.44. The number of nitrogens with zero attached hydrogens (tertiary/aromatic N) is 1. The molecule has 6 heteroatoms. The summed E-state index contributed by atoms with van der Waals surface area (Å²) in [7, 11) is 3.30. The maximum atomic E-state index is 11.1. The van der Waals surface area contributed by atoms with Crippen LogP contribution in [-0.2, 0) is 4.79 Å². The van der Waals surface area contributed by atoms with Gasteiger partial charge in [0.05, 0.1) is 0 Å². The minimum atomic E-state index is -1.01. The van der Waals surface area contributed by atoms with E-state index in [1.54, 1.807) is 14.1 Å². The smallest absolute Gasteiger partial charge is 0.330 e. The number of rotatable bonds is 5. The quantitative estimate of drug-likeness (QED) is 0.550. The van der Waals surface area contributed by atoms with E-state index in [0.717, 1.165) is 0 Å². The lowest BCUT2D eigenvalue weighted by Crippen LogP contribution is -2.49. The summed E-state index contributed by atoms with van der Waals surface area (Å²) in [6.45, 7) is 1.86. The lowest BCUT2D eigenvalue weighted by Gasteiger charge is -2.17. The number of carbonyl (C=O) groups is 2. The number of urea groups is 1. The molecule has 0 aliphatic heterocycles. The zero-order valence-electron chi connectivity index (χ0n) is 8.70. The second-order valence-electron chi connectivity index (χ2n) is 3.16. The molecule has 0 saturated heterocycles. The van der Waals surface area contributed by atoms with Crippen LogP contribution < -0.4 is 10.7 Å². The number of carbonyl (C=O) groups excluding carboxylic acids is 1. The van der Waals surface area contributed by atoms with Gasteiger partial charge >= 0.3 is 12.0 Å². The summed E-state index contributed by atoms with van der Waals surface area (Å²) in [5.74, 6) is -1.01. The molecule has 0 aromatic heterocycles. The van der Waals surface area contributed by atoms with Gasteiger partial charge in [-0.2, -0.15) is 0 Å². The molecule has 2 amide bonds. The monoisotopic (exact) mass is 203 g/mol. The van der Waals surface area contributed by atoms with Crippen LogP contribution in [0.2, 0.25) is 0 Å². The van der Waals surface area contributed by atoms with Crippen LogP contribution >= 0.6 is 0 Å². The molecule has 0 unspecified atom stereocenters. The van der Waals surface area contributed by atoms with Crippen molar-refractivity contribution in [1.29, 1.82) is 0 Å². The first-order chi connectivity index (χ1) is 6.47. The van der Waals surface area contributed by atoms with E-state index in [0.29, 0.717) is 12.8 Å². The van der Waals surface area contributed by atoms with Gasteiger partial charge in [0.25, 0.3) is 0 Å². The third-order valence-corrected chi connectivity index (χ3v) is 1.51. The first kappa shape index (κ1) is 12.7. The highest BCUT2D eigenvalue weighted by Crippen LogP contribution is 1.96. The molecule has 0 fully saturated rings. The molecule has 0 rings (SSSR count). The van der Waals surface area contributed by atoms with Crippen molar-refractivity contribution in [2.75, 3.05) is 14.1 Å². The van der Waals surface area contributed by atoms with Crippen molar-refractivity contribution in [3.05, 3.63) is 0 Å². The SMILES string of the molecule is CCC[C@@H](NC(=O)NN(C)C)C(=O)O. The Hall–Kier alpha value is -1.30. The highest BCUT2D eigenvalue weighted by molar-refractivity contribution is 5.82. The molecule has 0 aliphatic carbocycles. The van der Waals surface area contributed by atoms with Gasteiger partial charge in [-0.05, 0) is 6.42 Å². The Morgan fingerprint density at radius 3 is 2.36 bits per heavy atom. The third kappa shape index (κ3) is 5.36. The van der Waals surface area contributed by atoms with Gasteiger partial charge in [0.2, 0.25) is 0 Å². The van der Waals surface area contributed by atoms with E-state index in [9.17, 15) is 9.59 Å². The normalized spacial score (nSPS) is 12.3. The van der Waals surface area contributed by atoms with Gasteiger partial charge < -0.3 is 10.4 Å². The van der Waals surface area contributed by atoms with Gasteiger partial charge in [0.1, 0.15) is 6.04 Å². The van der Waals surface area contributed by atoms with Crippen molar-refractivity contribution >= 4 is 12.0 Å². The van der Waals surface area contributed by atoms with E-state index in [-0.39, 0.29) is 0 Å². The Morgan fingerprint density at radius 1 is 1.43 bits per heavy atom. The maximum Gasteiger partial charge on any atom is 0.330 e. The first-order valence-corrected chi connectivity index (χ1v) is 4.44. The van der Waals surface area contributed by atoms with Crippen LogP contribution in [0, 0.1) is 0 Å². The van der Waals surface area contributed by atoms with Gasteiger partial charge in [0, 0.05) is 14.1 Å². The molecule has 82 valence electrons. The average molecular weight is 203 g/mol. The van der Waals surface area contributed by atoms with Crippen LogP contribution in [0.5, 0.6) is 0 Å². The van der Waals surface area contributed by atoms with E-state index < -0.39 is 18.0 Å². The van der Waals surface area contributed by atoms with E-state index >= 15 is 0 Å². The van der Waals surface area contributed by atoms with Gasteiger partial charge in [-0.15, -0.1) is 0 Å². The van der Waals surface area contributed by atoms with Crippen molar-refractivity contribution in [2.45, 2.75) is 25.8 Å². The number of nitrogens with one attached hydrogen (secondary N) is 2. The summed E-state index contributed by atoms with van der Waals surface area (Å²) in [5, 5.41) is 12.5. The molecule has 0 aliphatic rings. The van der Waals surface area contributed by atoms with Crippen LogP contribution in [0.4, 0.5) is 4.79 Å². The van der Waals surface area contributed by atoms with Crippen molar-refractivity contribution in [2.24, 2.45) is 0 Å². The molecule has 0 aromatic carbocycles. The summed E-state index contributed by atoms with van der Waals surface area (Å²) < 4.78 is 0. The Kier molecular flexibility index (Phi) is 5.62. The lowest BCUT2D eigenvalue weighted by atomic mass is 10.2. The van der Waals surface area contributed by atoms with E-state index in [1.165, 1.54) is 5.01 Å². The van der Waals surface area contributed by atoms with Crippen molar-refractivity contribution in [3.8, 4) is 0 Å². The summed E-state index contributed by atoms with van der Waals surface area (Å²) in [6, 6.07) is -1.32. The third-order valence-electron chi connectivity index (χ3n) is 1.51. The van der Waals surface area contributed by atoms with Crippen LogP contribution in [-0.4, -0.2) is 42.3 Å². The Morgan fingerprint density at radius 2 is 2.00 bits per heavy atom. The van der Waals surface area contributed by atoms with E-state index in [1.807, 2.05) is 6.92 Å². The minimum absolute atomic E-state index is 0.427. The molecule has 1 atom stereocenters. The molecular weight excluding hydrogens is 186 g/mol. The van der Waals surface area contributed by atoms with Crippen LogP contribution in [0.15, 0.2) is 0 Å². The highest BCUT2D eigenvalue weighted by atomic mass is 16.4. The Balaban J connectivity index is 4.02. The van der Waals surface area contributed by atoms with E-state index in [2.05, 4.69) is 10.7 Å². The standard InChI is InChI=1S/C8H17N3O3/c1-4-5-6(7(12)13)9-8(14)10-11(2)3/h6H,4-5H2,1-3H3,(H,12,13)(H2,9,10,14)/t6-/m1/s1. The molecule has 0 radical (unpaired) electrons. The predicted octanol–water partition coefficient (Wildman–Crippen LogP) is 0.0155. The topological polar surface area (TPSA) is 81.7 Å². The zero-order valence-corrected chi connectivity index (χ0v) is 8.70. The largest absolute Gasteiger partial charge is 0.480 e. The van der Waals surface area contributed by atoms with E-state index in [4.69, 9.17) is 5.11 Å². The highest BCUT2D eigenvalue weighted by Gasteiger charge is 2.18. The number of hydrazine groups is 1. The number of hydrogen-bond donors (Lipinski definition) is 3.